The number of benzene rings is 1. The summed E-state index contributed by atoms with van der Waals surface area (Å²) in [5, 5.41) is 11.3. The van der Waals surface area contributed by atoms with Crippen LogP contribution in [0.25, 0.3) is 0 Å². The number of carbonyl (C=O) groups excluding carboxylic acids is 2. The van der Waals surface area contributed by atoms with Crippen LogP contribution in [-0.4, -0.2) is 39.0 Å². The summed E-state index contributed by atoms with van der Waals surface area (Å²) in [5.74, 6) is -1.04. The number of nitrogens with one attached hydrogen (secondary N) is 2. The minimum absolute atomic E-state index is 0.0102. The van der Waals surface area contributed by atoms with Gasteiger partial charge in [-0.25, -0.2) is 17.9 Å². The van der Waals surface area contributed by atoms with E-state index in [1.165, 1.54) is 31.2 Å². The number of amides is 1. The second kappa shape index (κ2) is 9.48. The third-order valence-electron chi connectivity index (χ3n) is 4.28. The predicted molar refractivity (Wildman–Crippen MR) is 97.1 cm³/mol. The molecule has 9 heteroatoms. The highest BCUT2D eigenvalue weighted by molar-refractivity contribution is 7.89. The molecule has 1 saturated carbocycles. The Kier molecular flexibility index (Phi) is 7.33. The minimum Gasteiger partial charge on any atom is -0.449 e. The van der Waals surface area contributed by atoms with Crippen LogP contribution in [0.1, 0.15) is 49.4 Å². The average Bonchev–Trinajstić information content (AvgIpc) is 3.15. The van der Waals surface area contributed by atoms with Crippen molar-refractivity contribution in [2.75, 3.05) is 6.54 Å². The van der Waals surface area contributed by atoms with Gasteiger partial charge in [-0.15, -0.1) is 0 Å². The van der Waals surface area contributed by atoms with E-state index in [-0.39, 0.29) is 35.4 Å². The lowest BCUT2D eigenvalue weighted by Crippen LogP contribution is -2.40. The number of sulfonamides is 1. The fourth-order valence-corrected chi connectivity index (χ4v) is 3.80. The van der Waals surface area contributed by atoms with Gasteiger partial charge in [0.05, 0.1) is 16.5 Å². The van der Waals surface area contributed by atoms with Gasteiger partial charge in [-0.1, -0.05) is 12.8 Å². The van der Waals surface area contributed by atoms with Gasteiger partial charge in [0.1, 0.15) is 0 Å². The maximum absolute atomic E-state index is 12.2. The van der Waals surface area contributed by atoms with Crippen molar-refractivity contribution in [2.45, 2.75) is 56.1 Å². The van der Waals surface area contributed by atoms with Crippen molar-refractivity contribution >= 4 is 21.9 Å². The first-order valence-electron chi connectivity index (χ1n) is 8.81. The summed E-state index contributed by atoms with van der Waals surface area (Å²) in [7, 11) is -3.74. The van der Waals surface area contributed by atoms with Crippen molar-refractivity contribution in [1.29, 1.82) is 5.26 Å². The van der Waals surface area contributed by atoms with Gasteiger partial charge in [0.25, 0.3) is 5.91 Å². The van der Waals surface area contributed by atoms with Gasteiger partial charge in [0, 0.05) is 19.0 Å². The zero-order valence-electron chi connectivity index (χ0n) is 15.1. The Hall–Kier alpha value is -2.44. The highest BCUT2D eigenvalue weighted by Crippen LogP contribution is 2.18. The third kappa shape index (κ3) is 6.05. The Balaban J connectivity index is 1.92. The zero-order valence-corrected chi connectivity index (χ0v) is 15.9. The minimum atomic E-state index is -3.74. The van der Waals surface area contributed by atoms with Crippen molar-refractivity contribution in [3.05, 3.63) is 29.8 Å². The van der Waals surface area contributed by atoms with E-state index in [9.17, 15) is 18.0 Å². The molecule has 0 unspecified atom stereocenters. The van der Waals surface area contributed by atoms with Gasteiger partial charge in [0.2, 0.25) is 10.0 Å². The normalized spacial score (nSPS) is 15.7. The Morgan fingerprint density at radius 1 is 1.26 bits per heavy atom. The molecule has 0 saturated heterocycles. The monoisotopic (exact) mass is 393 g/mol. The summed E-state index contributed by atoms with van der Waals surface area (Å²) in [6.07, 6.45) is 3.16. The SMILES string of the molecule is C[C@@H](OC(=O)c1ccc(S(=O)(=O)NCCC#N)cc1)C(=O)NC1CCCC1. The Morgan fingerprint density at radius 2 is 1.89 bits per heavy atom. The summed E-state index contributed by atoms with van der Waals surface area (Å²) in [5.41, 5.74) is 0.145. The summed E-state index contributed by atoms with van der Waals surface area (Å²) < 4.78 is 31.5. The smallest absolute Gasteiger partial charge is 0.338 e. The summed E-state index contributed by atoms with van der Waals surface area (Å²) in [6, 6.07) is 7.17. The first-order chi connectivity index (χ1) is 12.8. The van der Waals surface area contributed by atoms with Crippen LogP contribution in [0.2, 0.25) is 0 Å². The van der Waals surface area contributed by atoms with Crippen LogP contribution < -0.4 is 10.0 Å². The lowest BCUT2D eigenvalue weighted by Gasteiger charge is -2.17. The van der Waals surface area contributed by atoms with Crippen LogP contribution in [0, 0.1) is 11.3 Å². The fourth-order valence-electron chi connectivity index (χ4n) is 2.77. The third-order valence-corrected chi connectivity index (χ3v) is 5.76. The number of nitriles is 1. The second-order valence-electron chi connectivity index (χ2n) is 6.37. The van der Waals surface area contributed by atoms with Crippen molar-refractivity contribution in [3.63, 3.8) is 0 Å². The van der Waals surface area contributed by atoms with E-state index in [0.717, 1.165) is 25.7 Å². The van der Waals surface area contributed by atoms with Gasteiger partial charge in [-0.3, -0.25) is 4.79 Å². The molecule has 1 amide bonds. The molecule has 1 aliphatic carbocycles. The second-order valence-corrected chi connectivity index (χ2v) is 8.13. The molecule has 1 aliphatic rings. The van der Waals surface area contributed by atoms with Gasteiger partial charge < -0.3 is 10.1 Å². The number of rotatable bonds is 8. The van der Waals surface area contributed by atoms with Crippen molar-refractivity contribution in [3.8, 4) is 6.07 Å². The standard InChI is InChI=1S/C18H23N3O5S/c1-13(17(22)21-15-5-2-3-6-15)26-18(23)14-7-9-16(10-8-14)27(24,25)20-12-4-11-19/h7-10,13,15,20H,2-6,12H2,1H3,(H,21,22)/t13-/m1/s1. The van der Waals surface area contributed by atoms with E-state index in [4.69, 9.17) is 10.00 Å². The van der Waals surface area contributed by atoms with Crippen LogP contribution in [0.3, 0.4) is 0 Å². The summed E-state index contributed by atoms with van der Waals surface area (Å²) in [6.45, 7) is 1.51. The van der Waals surface area contributed by atoms with Crippen LogP contribution >= 0.6 is 0 Å². The van der Waals surface area contributed by atoms with Crippen molar-refractivity contribution in [2.24, 2.45) is 0 Å². The molecule has 1 aromatic carbocycles. The van der Waals surface area contributed by atoms with E-state index < -0.39 is 22.1 Å². The van der Waals surface area contributed by atoms with Crippen LogP contribution in [-0.2, 0) is 19.6 Å². The molecule has 0 aromatic heterocycles. The number of hydrogen-bond acceptors (Lipinski definition) is 6. The van der Waals surface area contributed by atoms with E-state index in [1.54, 1.807) is 0 Å². The van der Waals surface area contributed by atoms with E-state index >= 15 is 0 Å². The molecule has 1 aromatic rings. The molecule has 0 spiro atoms. The molecule has 0 radical (unpaired) electrons. The number of ether oxygens (including phenoxy) is 1. The van der Waals surface area contributed by atoms with Gasteiger partial charge in [0.15, 0.2) is 6.10 Å². The van der Waals surface area contributed by atoms with Crippen molar-refractivity contribution < 1.29 is 22.7 Å². The van der Waals surface area contributed by atoms with Gasteiger partial charge in [-0.2, -0.15) is 5.26 Å². The van der Waals surface area contributed by atoms with E-state index in [0.29, 0.717) is 0 Å². The number of esters is 1. The maximum atomic E-state index is 12.2. The maximum Gasteiger partial charge on any atom is 0.338 e. The highest BCUT2D eigenvalue weighted by Gasteiger charge is 2.23. The van der Waals surface area contributed by atoms with E-state index in [2.05, 4.69) is 10.0 Å². The molecule has 2 N–H and O–H groups in total. The highest BCUT2D eigenvalue weighted by atomic mass is 32.2. The molecular formula is C18H23N3O5S. The fraction of sp³-hybridized carbons (Fsp3) is 0.500. The Morgan fingerprint density at radius 3 is 2.48 bits per heavy atom. The molecule has 0 aliphatic heterocycles. The molecule has 0 bridgehead atoms. The zero-order chi connectivity index (χ0) is 19.9. The number of hydrogen-bond donors (Lipinski definition) is 2. The molecular weight excluding hydrogens is 370 g/mol. The Labute approximate surface area is 158 Å². The molecule has 146 valence electrons. The number of carbonyl (C=O) groups is 2. The van der Waals surface area contributed by atoms with Gasteiger partial charge in [-0.05, 0) is 44.0 Å². The van der Waals surface area contributed by atoms with Crippen LogP contribution in [0.4, 0.5) is 0 Å². The molecule has 1 atom stereocenters. The predicted octanol–water partition coefficient (Wildman–Crippen LogP) is 1.48. The largest absolute Gasteiger partial charge is 0.449 e. The van der Waals surface area contributed by atoms with Crippen LogP contribution in [0.5, 0.6) is 0 Å². The first-order valence-corrected chi connectivity index (χ1v) is 10.3. The average molecular weight is 393 g/mol. The van der Waals surface area contributed by atoms with Crippen molar-refractivity contribution in [1.82, 2.24) is 10.0 Å². The lowest BCUT2D eigenvalue weighted by atomic mass is 10.2. The molecule has 0 heterocycles. The summed E-state index contributed by atoms with van der Waals surface area (Å²) in [4.78, 5) is 24.2. The number of nitrogens with zero attached hydrogens (tertiary/aromatic N) is 1. The lowest BCUT2D eigenvalue weighted by molar-refractivity contribution is -0.129. The topological polar surface area (TPSA) is 125 Å². The van der Waals surface area contributed by atoms with Crippen LogP contribution in [0.15, 0.2) is 29.2 Å². The molecule has 1 fully saturated rings. The first kappa shape index (κ1) is 20.9. The van der Waals surface area contributed by atoms with E-state index in [1.807, 2.05) is 6.07 Å². The quantitative estimate of drug-likeness (QED) is 0.509. The summed E-state index contributed by atoms with van der Waals surface area (Å²) >= 11 is 0. The van der Waals surface area contributed by atoms with Gasteiger partial charge >= 0.3 is 5.97 Å². The molecule has 2 rings (SSSR count). The molecule has 27 heavy (non-hydrogen) atoms. The Bertz CT molecular complexity index is 808. The molecule has 8 nitrogen and oxygen atoms in total.